The van der Waals surface area contributed by atoms with Crippen LogP contribution in [0.3, 0.4) is 0 Å². The van der Waals surface area contributed by atoms with Gasteiger partial charge >= 0.3 is 0 Å². The van der Waals surface area contributed by atoms with Gasteiger partial charge in [-0.25, -0.2) is 8.78 Å². The minimum atomic E-state index is -0.514. The second-order valence-electron chi connectivity index (χ2n) is 4.82. The predicted molar refractivity (Wildman–Crippen MR) is 84.8 cm³/mol. The molecule has 112 valence electrons. The van der Waals surface area contributed by atoms with Gasteiger partial charge in [-0.2, -0.15) is 0 Å². The first kappa shape index (κ1) is 16.0. The molecule has 1 nitrogen and oxygen atoms in total. The Hall–Kier alpha value is -1.39. The van der Waals surface area contributed by atoms with Crippen LogP contribution >= 0.6 is 11.8 Å². The second kappa shape index (κ2) is 7.05. The lowest BCUT2D eigenvalue weighted by molar-refractivity contribution is 0.503. The highest BCUT2D eigenvalue weighted by atomic mass is 32.2. The number of aryl methyl sites for hydroxylation is 1. The Morgan fingerprint density at radius 3 is 2.52 bits per heavy atom. The van der Waals surface area contributed by atoms with E-state index in [-0.39, 0.29) is 5.56 Å². The molecule has 0 bridgehead atoms. The Bertz CT molecular complexity index is 628. The molecular formula is C17H19F2NS. The molecule has 2 aromatic carbocycles. The van der Waals surface area contributed by atoms with E-state index >= 15 is 0 Å². The molecule has 0 saturated heterocycles. The first-order valence-corrected chi connectivity index (χ1v) is 8.13. The first-order valence-electron chi connectivity index (χ1n) is 6.91. The van der Waals surface area contributed by atoms with Crippen LogP contribution in [0.2, 0.25) is 0 Å². The fourth-order valence-electron chi connectivity index (χ4n) is 2.42. The van der Waals surface area contributed by atoms with Crippen LogP contribution in [0.4, 0.5) is 8.78 Å². The smallest absolute Gasteiger partial charge is 0.134 e. The lowest BCUT2D eigenvalue weighted by atomic mass is 9.96. The van der Waals surface area contributed by atoms with Gasteiger partial charge in [0.25, 0.3) is 0 Å². The number of hydrogen-bond acceptors (Lipinski definition) is 2. The number of benzene rings is 2. The van der Waals surface area contributed by atoms with Gasteiger partial charge in [0, 0.05) is 10.5 Å². The fourth-order valence-corrected chi connectivity index (χ4v) is 3.06. The molecule has 0 aliphatic carbocycles. The van der Waals surface area contributed by atoms with Crippen LogP contribution in [0.5, 0.6) is 0 Å². The van der Waals surface area contributed by atoms with Crippen LogP contribution in [0.15, 0.2) is 41.3 Å². The summed E-state index contributed by atoms with van der Waals surface area (Å²) in [5.74, 6) is -0.989. The molecule has 0 amide bonds. The van der Waals surface area contributed by atoms with E-state index in [1.807, 2.05) is 37.4 Å². The van der Waals surface area contributed by atoms with Gasteiger partial charge in [0.05, 0.1) is 6.04 Å². The van der Waals surface area contributed by atoms with Crippen LogP contribution in [-0.4, -0.2) is 12.8 Å². The van der Waals surface area contributed by atoms with Crippen LogP contribution < -0.4 is 5.32 Å². The van der Waals surface area contributed by atoms with Gasteiger partial charge in [-0.3, -0.25) is 0 Å². The van der Waals surface area contributed by atoms with Crippen molar-refractivity contribution in [1.82, 2.24) is 5.32 Å². The third-order valence-electron chi connectivity index (χ3n) is 3.47. The molecule has 0 aliphatic rings. The quantitative estimate of drug-likeness (QED) is 0.804. The van der Waals surface area contributed by atoms with Crippen molar-refractivity contribution in [3.05, 3.63) is 64.7 Å². The van der Waals surface area contributed by atoms with E-state index in [4.69, 9.17) is 0 Å². The molecule has 0 fully saturated rings. The van der Waals surface area contributed by atoms with Crippen LogP contribution in [-0.2, 0) is 0 Å². The second-order valence-corrected chi connectivity index (χ2v) is 5.67. The number of halogens is 2. The highest BCUT2D eigenvalue weighted by molar-refractivity contribution is 7.98. The summed E-state index contributed by atoms with van der Waals surface area (Å²) in [5.41, 5.74) is 1.45. The average Bonchev–Trinajstić information content (AvgIpc) is 2.50. The Labute approximate surface area is 128 Å². The molecule has 0 aromatic heterocycles. The normalized spacial score (nSPS) is 12.4. The van der Waals surface area contributed by atoms with Crippen molar-refractivity contribution < 1.29 is 8.78 Å². The maximum absolute atomic E-state index is 14.5. The first-order chi connectivity index (χ1) is 10.1. The summed E-state index contributed by atoms with van der Waals surface area (Å²) in [5, 5.41) is 3.21. The monoisotopic (exact) mass is 307 g/mol. The molecule has 1 unspecified atom stereocenters. The summed E-state index contributed by atoms with van der Waals surface area (Å²) in [7, 11) is 0. The number of thioether (sulfide) groups is 1. The van der Waals surface area contributed by atoms with Gasteiger partial charge in [0.15, 0.2) is 0 Å². The Morgan fingerprint density at radius 2 is 1.86 bits per heavy atom. The van der Waals surface area contributed by atoms with Gasteiger partial charge in [-0.1, -0.05) is 31.2 Å². The Morgan fingerprint density at radius 1 is 1.14 bits per heavy atom. The van der Waals surface area contributed by atoms with Gasteiger partial charge < -0.3 is 5.32 Å². The largest absolute Gasteiger partial charge is 0.306 e. The summed E-state index contributed by atoms with van der Waals surface area (Å²) in [6.45, 7) is 4.21. The topological polar surface area (TPSA) is 12.0 Å². The standard InChI is InChI=1S/C17H19F2NS/c1-4-20-17(12-7-5-6-8-14(12)21-3)15-13(18)10-9-11(2)16(15)19/h5-10,17,20H,4H2,1-3H3. The van der Waals surface area contributed by atoms with E-state index in [0.29, 0.717) is 12.1 Å². The molecule has 2 rings (SSSR count). The third-order valence-corrected chi connectivity index (χ3v) is 4.28. The summed E-state index contributed by atoms with van der Waals surface area (Å²) < 4.78 is 28.7. The number of nitrogens with one attached hydrogen (secondary N) is 1. The molecule has 0 radical (unpaired) electrons. The summed E-state index contributed by atoms with van der Waals surface area (Å²) in [6.07, 6.45) is 1.96. The minimum Gasteiger partial charge on any atom is -0.306 e. The molecule has 0 spiro atoms. The molecule has 2 aromatic rings. The van der Waals surface area contributed by atoms with Crippen LogP contribution in [0.25, 0.3) is 0 Å². The highest BCUT2D eigenvalue weighted by Gasteiger charge is 2.24. The van der Waals surface area contributed by atoms with E-state index in [9.17, 15) is 8.78 Å². The molecule has 1 atom stereocenters. The van der Waals surface area contributed by atoms with Crippen molar-refractivity contribution >= 4 is 11.8 Å². The SMILES string of the molecule is CCNC(c1ccccc1SC)c1c(F)ccc(C)c1F. The van der Waals surface area contributed by atoms with Crippen LogP contribution in [0.1, 0.15) is 29.7 Å². The lowest BCUT2D eigenvalue weighted by Gasteiger charge is -2.23. The zero-order valence-corrected chi connectivity index (χ0v) is 13.2. The maximum Gasteiger partial charge on any atom is 0.134 e. The minimum absolute atomic E-state index is 0.0957. The molecule has 1 N–H and O–H groups in total. The molecule has 0 heterocycles. The average molecular weight is 307 g/mol. The molecule has 21 heavy (non-hydrogen) atoms. The van der Waals surface area contributed by atoms with E-state index in [1.165, 1.54) is 12.1 Å². The Kier molecular flexibility index (Phi) is 5.37. The van der Waals surface area contributed by atoms with Crippen molar-refractivity contribution in [2.75, 3.05) is 12.8 Å². The van der Waals surface area contributed by atoms with Crippen molar-refractivity contribution in [2.24, 2.45) is 0 Å². The number of rotatable bonds is 5. The van der Waals surface area contributed by atoms with Crippen molar-refractivity contribution in [2.45, 2.75) is 24.8 Å². The highest BCUT2D eigenvalue weighted by Crippen LogP contribution is 2.33. The van der Waals surface area contributed by atoms with Crippen molar-refractivity contribution in [3.8, 4) is 0 Å². The number of hydrogen-bond donors (Lipinski definition) is 1. The van der Waals surface area contributed by atoms with Crippen molar-refractivity contribution in [3.63, 3.8) is 0 Å². The predicted octanol–water partition coefficient (Wildman–Crippen LogP) is 4.69. The van der Waals surface area contributed by atoms with Crippen molar-refractivity contribution in [1.29, 1.82) is 0 Å². The Balaban J connectivity index is 2.62. The zero-order chi connectivity index (χ0) is 15.4. The fraction of sp³-hybridized carbons (Fsp3) is 0.294. The van der Waals surface area contributed by atoms with E-state index < -0.39 is 17.7 Å². The summed E-state index contributed by atoms with van der Waals surface area (Å²) in [4.78, 5) is 1.02. The van der Waals surface area contributed by atoms with Gasteiger partial charge in [-0.05, 0) is 43.0 Å². The molecule has 0 saturated carbocycles. The van der Waals surface area contributed by atoms with Gasteiger partial charge in [-0.15, -0.1) is 11.8 Å². The third kappa shape index (κ3) is 3.27. The van der Waals surface area contributed by atoms with Gasteiger partial charge in [0.2, 0.25) is 0 Å². The van der Waals surface area contributed by atoms with E-state index in [2.05, 4.69) is 5.32 Å². The lowest BCUT2D eigenvalue weighted by Crippen LogP contribution is -2.25. The van der Waals surface area contributed by atoms with Crippen LogP contribution in [0, 0.1) is 18.6 Å². The maximum atomic E-state index is 14.5. The zero-order valence-electron chi connectivity index (χ0n) is 12.4. The molecule has 4 heteroatoms. The summed E-state index contributed by atoms with van der Waals surface area (Å²) >= 11 is 1.58. The molecular weight excluding hydrogens is 288 g/mol. The molecule has 0 aliphatic heterocycles. The van der Waals surface area contributed by atoms with Gasteiger partial charge in [0.1, 0.15) is 11.6 Å². The van der Waals surface area contributed by atoms with E-state index in [0.717, 1.165) is 10.5 Å². The van der Waals surface area contributed by atoms with E-state index in [1.54, 1.807) is 18.7 Å². The summed E-state index contributed by atoms with van der Waals surface area (Å²) in [6, 6.07) is 10.0.